The number of nitrogens with one attached hydrogen (secondary N) is 1. The number of ether oxygens (including phenoxy) is 1. The largest absolute Gasteiger partial charge is 0.462 e. The van der Waals surface area contributed by atoms with Crippen molar-refractivity contribution in [3.05, 3.63) is 47.8 Å². The normalized spacial score (nSPS) is 10.8. The Hall–Kier alpha value is -2.69. The number of nitrogens with zero attached hydrogens (tertiary/aromatic N) is 2. The minimum atomic E-state index is -0.312. The molecular formula is C16H15N3O2. The molecule has 0 aliphatic rings. The van der Waals surface area contributed by atoms with Crippen LogP contribution in [0.15, 0.2) is 36.5 Å². The molecule has 0 saturated carbocycles. The zero-order valence-corrected chi connectivity index (χ0v) is 11.9. The van der Waals surface area contributed by atoms with Crippen LogP contribution in [-0.2, 0) is 4.74 Å². The summed E-state index contributed by atoms with van der Waals surface area (Å²) in [5, 5.41) is 8.01. The molecule has 3 rings (SSSR count). The molecule has 5 nitrogen and oxygen atoms in total. The highest BCUT2D eigenvalue weighted by Crippen LogP contribution is 2.24. The molecule has 0 bridgehead atoms. The van der Waals surface area contributed by atoms with Crippen LogP contribution in [0.3, 0.4) is 0 Å². The molecule has 0 unspecified atom stereocenters. The number of hydrogen-bond donors (Lipinski definition) is 1. The van der Waals surface area contributed by atoms with Gasteiger partial charge in [-0.1, -0.05) is 12.1 Å². The van der Waals surface area contributed by atoms with E-state index in [-0.39, 0.29) is 5.97 Å². The van der Waals surface area contributed by atoms with Crippen LogP contribution in [0.5, 0.6) is 0 Å². The number of pyridine rings is 1. The van der Waals surface area contributed by atoms with Gasteiger partial charge in [0.05, 0.1) is 12.2 Å². The van der Waals surface area contributed by atoms with E-state index in [1.165, 1.54) is 0 Å². The molecule has 2 aromatic heterocycles. The Morgan fingerprint density at radius 1 is 1.29 bits per heavy atom. The zero-order chi connectivity index (χ0) is 14.8. The molecule has 1 N–H and O–H groups in total. The first-order valence-corrected chi connectivity index (χ1v) is 6.77. The standard InChI is InChI=1S/C16H15N3O2/c1-3-21-16(20)12-6-4-5-11(7-12)13-8-14-10(2)18-19-15(14)17-9-13/h4-9H,3H2,1-2H3,(H,17,18,19). The third kappa shape index (κ3) is 2.50. The molecule has 1 aromatic carbocycles. The first-order chi connectivity index (χ1) is 10.2. The van der Waals surface area contributed by atoms with Crippen molar-refractivity contribution in [3.63, 3.8) is 0 Å². The smallest absolute Gasteiger partial charge is 0.338 e. The molecule has 0 saturated heterocycles. The van der Waals surface area contributed by atoms with Crippen LogP contribution >= 0.6 is 0 Å². The van der Waals surface area contributed by atoms with E-state index in [1.54, 1.807) is 19.2 Å². The molecular weight excluding hydrogens is 266 g/mol. The van der Waals surface area contributed by atoms with Crippen molar-refractivity contribution in [2.45, 2.75) is 13.8 Å². The lowest BCUT2D eigenvalue weighted by Crippen LogP contribution is -2.04. The lowest BCUT2D eigenvalue weighted by Gasteiger charge is -2.05. The number of aromatic amines is 1. The number of H-pyrrole nitrogens is 1. The van der Waals surface area contributed by atoms with Gasteiger partial charge in [0.1, 0.15) is 0 Å². The van der Waals surface area contributed by atoms with Crippen LogP contribution in [0, 0.1) is 6.92 Å². The average Bonchev–Trinajstić information content (AvgIpc) is 2.89. The van der Waals surface area contributed by atoms with E-state index in [1.807, 2.05) is 31.2 Å². The molecule has 5 heteroatoms. The van der Waals surface area contributed by atoms with Crippen LogP contribution in [0.1, 0.15) is 23.0 Å². The Labute approximate surface area is 122 Å². The van der Waals surface area contributed by atoms with E-state index < -0.39 is 0 Å². The second kappa shape index (κ2) is 5.36. The van der Waals surface area contributed by atoms with Gasteiger partial charge in [0.15, 0.2) is 5.65 Å². The van der Waals surface area contributed by atoms with Gasteiger partial charge in [-0.3, -0.25) is 5.10 Å². The van der Waals surface area contributed by atoms with Crippen molar-refractivity contribution >= 4 is 17.0 Å². The highest BCUT2D eigenvalue weighted by atomic mass is 16.5. The van der Waals surface area contributed by atoms with E-state index in [0.29, 0.717) is 17.8 Å². The third-order valence-electron chi connectivity index (χ3n) is 3.31. The fraction of sp³-hybridized carbons (Fsp3) is 0.188. The molecule has 21 heavy (non-hydrogen) atoms. The van der Waals surface area contributed by atoms with E-state index in [4.69, 9.17) is 4.74 Å². The fourth-order valence-corrected chi connectivity index (χ4v) is 2.22. The van der Waals surface area contributed by atoms with Crippen LogP contribution in [0.4, 0.5) is 0 Å². The highest BCUT2D eigenvalue weighted by molar-refractivity contribution is 5.91. The topological polar surface area (TPSA) is 67.9 Å². The molecule has 3 aromatic rings. The van der Waals surface area contributed by atoms with Gasteiger partial charge in [0, 0.05) is 22.8 Å². The predicted molar refractivity (Wildman–Crippen MR) is 80.0 cm³/mol. The number of benzene rings is 1. The molecule has 0 fully saturated rings. The molecule has 2 heterocycles. The Bertz CT molecular complexity index is 808. The maximum absolute atomic E-state index is 11.8. The summed E-state index contributed by atoms with van der Waals surface area (Å²) in [4.78, 5) is 16.1. The number of carbonyl (C=O) groups excluding carboxylic acids is 1. The zero-order valence-electron chi connectivity index (χ0n) is 11.9. The van der Waals surface area contributed by atoms with Gasteiger partial charge in [-0.05, 0) is 37.6 Å². The summed E-state index contributed by atoms with van der Waals surface area (Å²) in [5.41, 5.74) is 4.07. The molecule has 106 valence electrons. The second-order valence-corrected chi connectivity index (χ2v) is 4.75. The molecule has 0 atom stereocenters. The van der Waals surface area contributed by atoms with Gasteiger partial charge in [0.25, 0.3) is 0 Å². The molecule has 0 aliphatic carbocycles. The maximum atomic E-state index is 11.8. The summed E-state index contributed by atoms with van der Waals surface area (Å²) in [7, 11) is 0. The third-order valence-corrected chi connectivity index (χ3v) is 3.31. The number of fused-ring (bicyclic) bond motifs is 1. The predicted octanol–water partition coefficient (Wildman–Crippen LogP) is 3.11. The van der Waals surface area contributed by atoms with E-state index in [0.717, 1.165) is 22.2 Å². The van der Waals surface area contributed by atoms with E-state index in [2.05, 4.69) is 15.2 Å². The Kier molecular flexibility index (Phi) is 3.39. The minimum absolute atomic E-state index is 0.312. The Morgan fingerprint density at radius 2 is 2.14 bits per heavy atom. The number of carbonyl (C=O) groups is 1. The quantitative estimate of drug-likeness (QED) is 0.749. The van der Waals surface area contributed by atoms with Crippen molar-refractivity contribution in [2.75, 3.05) is 6.61 Å². The van der Waals surface area contributed by atoms with Crippen molar-refractivity contribution in [1.29, 1.82) is 0 Å². The molecule has 0 radical (unpaired) electrons. The molecule has 0 spiro atoms. The summed E-state index contributed by atoms with van der Waals surface area (Å²) in [6, 6.07) is 9.37. The van der Waals surface area contributed by atoms with Gasteiger partial charge in [0.2, 0.25) is 0 Å². The van der Waals surface area contributed by atoms with Crippen LogP contribution in [0.25, 0.3) is 22.2 Å². The molecule has 0 amide bonds. The fourth-order valence-electron chi connectivity index (χ4n) is 2.22. The SMILES string of the molecule is CCOC(=O)c1cccc(-c2cnc3n[nH]c(C)c3c2)c1. The number of aromatic nitrogens is 3. The minimum Gasteiger partial charge on any atom is -0.462 e. The van der Waals surface area contributed by atoms with Crippen LogP contribution in [0.2, 0.25) is 0 Å². The van der Waals surface area contributed by atoms with E-state index in [9.17, 15) is 4.79 Å². The van der Waals surface area contributed by atoms with Crippen LogP contribution < -0.4 is 0 Å². The van der Waals surface area contributed by atoms with Crippen LogP contribution in [-0.4, -0.2) is 27.8 Å². The van der Waals surface area contributed by atoms with Gasteiger partial charge >= 0.3 is 5.97 Å². The van der Waals surface area contributed by atoms with Crippen molar-refractivity contribution in [2.24, 2.45) is 0 Å². The van der Waals surface area contributed by atoms with Gasteiger partial charge in [-0.25, -0.2) is 9.78 Å². The average molecular weight is 281 g/mol. The van der Waals surface area contributed by atoms with Crippen molar-refractivity contribution in [3.8, 4) is 11.1 Å². The number of hydrogen-bond acceptors (Lipinski definition) is 4. The Morgan fingerprint density at radius 3 is 2.95 bits per heavy atom. The summed E-state index contributed by atoms with van der Waals surface area (Å²) in [6.07, 6.45) is 1.76. The second-order valence-electron chi connectivity index (χ2n) is 4.75. The summed E-state index contributed by atoms with van der Waals surface area (Å²) >= 11 is 0. The summed E-state index contributed by atoms with van der Waals surface area (Å²) < 4.78 is 5.03. The summed E-state index contributed by atoms with van der Waals surface area (Å²) in [6.45, 7) is 4.11. The van der Waals surface area contributed by atoms with Crippen molar-refractivity contribution < 1.29 is 9.53 Å². The number of esters is 1. The van der Waals surface area contributed by atoms with Gasteiger partial charge in [-0.15, -0.1) is 0 Å². The van der Waals surface area contributed by atoms with E-state index >= 15 is 0 Å². The first-order valence-electron chi connectivity index (χ1n) is 6.77. The lowest BCUT2D eigenvalue weighted by molar-refractivity contribution is 0.0526. The monoisotopic (exact) mass is 281 g/mol. The van der Waals surface area contributed by atoms with Gasteiger partial charge in [-0.2, -0.15) is 5.10 Å². The number of aryl methyl sites for hydroxylation is 1. The molecule has 0 aliphatic heterocycles. The highest BCUT2D eigenvalue weighted by Gasteiger charge is 2.09. The summed E-state index contributed by atoms with van der Waals surface area (Å²) in [5.74, 6) is -0.312. The maximum Gasteiger partial charge on any atom is 0.338 e. The first kappa shape index (κ1) is 13.3. The number of rotatable bonds is 3. The Balaban J connectivity index is 2.03. The lowest BCUT2D eigenvalue weighted by atomic mass is 10.0. The van der Waals surface area contributed by atoms with Gasteiger partial charge < -0.3 is 4.74 Å². The van der Waals surface area contributed by atoms with Crippen molar-refractivity contribution in [1.82, 2.24) is 15.2 Å².